The first-order valence-corrected chi connectivity index (χ1v) is 8.56. The molecule has 0 spiro atoms. The van der Waals surface area contributed by atoms with E-state index in [-0.39, 0.29) is 6.10 Å². The summed E-state index contributed by atoms with van der Waals surface area (Å²) in [5.74, 6) is 0.865. The van der Waals surface area contributed by atoms with Gasteiger partial charge < -0.3 is 15.2 Å². The van der Waals surface area contributed by atoms with Crippen molar-refractivity contribution in [1.82, 2.24) is 10.2 Å². The van der Waals surface area contributed by atoms with Crippen LogP contribution < -0.4 is 5.32 Å². The number of likely N-dealkylation sites (tertiary alicyclic amines) is 1. The molecule has 3 atom stereocenters. The van der Waals surface area contributed by atoms with Crippen molar-refractivity contribution in [3.8, 4) is 0 Å². The Morgan fingerprint density at radius 3 is 2.70 bits per heavy atom. The molecule has 0 radical (unpaired) electrons. The Morgan fingerprint density at radius 2 is 1.95 bits per heavy atom. The lowest BCUT2D eigenvalue weighted by Crippen LogP contribution is -2.46. The fraction of sp³-hybridized carbons (Fsp3) is 1.00. The summed E-state index contributed by atoms with van der Waals surface area (Å²) in [6, 6.07) is 1.32. The van der Waals surface area contributed by atoms with E-state index in [9.17, 15) is 5.11 Å². The van der Waals surface area contributed by atoms with E-state index >= 15 is 0 Å². The van der Waals surface area contributed by atoms with Crippen molar-refractivity contribution < 1.29 is 9.84 Å². The van der Waals surface area contributed by atoms with Crippen molar-refractivity contribution in [1.29, 1.82) is 0 Å². The number of nitrogens with one attached hydrogen (secondary N) is 1. The van der Waals surface area contributed by atoms with Gasteiger partial charge in [0.25, 0.3) is 0 Å². The fourth-order valence-corrected chi connectivity index (χ4v) is 4.19. The van der Waals surface area contributed by atoms with E-state index in [0.29, 0.717) is 12.1 Å². The van der Waals surface area contributed by atoms with Crippen molar-refractivity contribution in [3.63, 3.8) is 0 Å². The first-order valence-electron chi connectivity index (χ1n) is 8.56. The van der Waals surface area contributed by atoms with Crippen molar-refractivity contribution in [2.75, 3.05) is 32.8 Å². The molecule has 2 saturated heterocycles. The molecule has 3 rings (SSSR count). The first kappa shape index (κ1) is 14.8. The Balaban J connectivity index is 1.39. The third-order valence-electron chi connectivity index (χ3n) is 5.44. The average molecular weight is 282 g/mol. The second-order valence-corrected chi connectivity index (χ2v) is 6.84. The van der Waals surface area contributed by atoms with E-state index in [1.807, 2.05) is 0 Å². The van der Waals surface area contributed by atoms with E-state index in [2.05, 4.69) is 10.2 Å². The zero-order valence-electron chi connectivity index (χ0n) is 12.6. The summed E-state index contributed by atoms with van der Waals surface area (Å²) in [4.78, 5) is 2.52. The molecule has 0 bridgehead atoms. The zero-order chi connectivity index (χ0) is 13.8. The molecule has 0 aromatic rings. The Hall–Kier alpha value is -0.160. The monoisotopic (exact) mass is 282 g/mol. The first-order chi connectivity index (χ1) is 9.83. The van der Waals surface area contributed by atoms with Gasteiger partial charge in [-0.15, -0.1) is 0 Å². The maximum atomic E-state index is 9.72. The van der Waals surface area contributed by atoms with Gasteiger partial charge in [0.05, 0.1) is 6.10 Å². The molecule has 1 saturated carbocycles. The SMILES string of the molecule is OC1CCN([C@@H]2CCC[C@@H]2NCCC2CCOCC2)C1. The standard InChI is InChI=1S/C16H30N2O2/c19-14-5-9-18(12-14)16-3-1-2-15(16)17-8-4-13-6-10-20-11-7-13/h13-17,19H,1-12H2/t14?,15-,16+/m0/s1. The zero-order valence-corrected chi connectivity index (χ0v) is 12.6. The van der Waals surface area contributed by atoms with Crippen molar-refractivity contribution in [3.05, 3.63) is 0 Å². The summed E-state index contributed by atoms with van der Waals surface area (Å²) in [6.07, 6.45) is 8.63. The second kappa shape index (κ2) is 7.21. The fourth-order valence-electron chi connectivity index (χ4n) is 4.19. The Kier molecular flexibility index (Phi) is 5.32. The smallest absolute Gasteiger partial charge is 0.0679 e. The summed E-state index contributed by atoms with van der Waals surface area (Å²) < 4.78 is 5.42. The molecule has 20 heavy (non-hydrogen) atoms. The van der Waals surface area contributed by atoms with Crippen LogP contribution in [0.5, 0.6) is 0 Å². The molecular formula is C16H30N2O2. The van der Waals surface area contributed by atoms with Crippen LogP contribution in [0.2, 0.25) is 0 Å². The van der Waals surface area contributed by atoms with Crippen LogP contribution in [0.25, 0.3) is 0 Å². The van der Waals surface area contributed by atoms with Gasteiger partial charge in [0, 0.05) is 38.4 Å². The molecule has 2 heterocycles. The van der Waals surface area contributed by atoms with Crippen LogP contribution in [0.4, 0.5) is 0 Å². The summed E-state index contributed by atoms with van der Waals surface area (Å²) >= 11 is 0. The lowest BCUT2D eigenvalue weighted by atomic mass is 9.96. The maximum Gasteiger partial charge on any atom is 0.0679 e. The minimum atomic E-state index is -0.0847. The number of β-amino-alcohol motifs (C(OH)–C–C–N with tert-alkyl or cyclic N) is 1. The number of ether oxygens (including phenoxy) is 1. The second-order valence-electron chi connectivity index (χ2n) is 6.84. The van der Waals surface area contributed by atoms with Gasteiger partial charge in [0.15, 0.2) is 0 Å². The Morgan fingerprint density at radius 1 is 1.10 bits per heavy atom. The maximum absolute atomic E-state index is 9.72. The van der Waals surface area contributed by atoms with Crippen LogP contribution in [0.1, 0.15) is 44.9 Å². The van der Waals surface area contributed by atoms with Crippen LogP contribution in [-0.2, 0) is 4.74 Å². The summed E-state index contributed by atoms with van der Waals surface area (Å²) in [6.45, 7) is 5.06. The van der Waals surface area contributed by atoms with Crippen LogP contribution in [0, 0.1) is 5.92 Å². The van der Waals surface area contributed by atoms with Crippen LogP contribution >= 0.6 is 0 Å². The van der Waals surface area contributed by atoms with Gasteiger partial charge in [0.1, 0.15) is 0 Å². The molecule has 1 aliphatic carbocycles. The lowest BCUT2D eigenvalue weighted by Gasteiger charge is -2.30. The molecule has 116 valence electrons. The molecule has 4 heteroatoms. The predicted molar refractivity (Wildman–Crippen MR) is 79.8 cm³/mol. The van der Waals surface area contributed by atoms with E-state index in [0.717, 1.165) is 45.2 Å². The van der Waals surface area contributed by atoms with E-state index in [1.54, 1.807) is 0 Å². The molecule has 3 aliphatic rings. The van der Waals surface area contributed by atoms with Crippen molar-refractivity contribution in [2.24, 2.45) is 5.92 Å². The topological polar surface area (TPSA) is 44.7 Å². The average Bonchev–Trinajstić information content (AvgIpc) is 3.09. The molecular weight excluding hydrogens is 252 g/mol. The third-order valence-corrected chi connectivity index (χ3v) is 5.44. The Bertz CT molecular complexity index is 294. The highest BCUT2D eigenvalue weighted by Gasteiger charge is 2.35. The largest absolute Gasteiger partial charge is 0.392 e. The molecule has 2 N–H and O–H groups in total. The summed E-state index contributed by atoms with van der Waals surface area (Å²) in [5.41, 5.74) is 0. The molecule has 1 unspecified atom stereocenters. The Labute approximate surface area is 122 Å². The number of rotatable bonds is 5. The van der Waals surface area contributed by atoms with Crippen LogP contribution in [0.3, 0.4) is 0 Å². The third kappa shape index (κ3) is 3.73. The summed E-state index contributed by atoms with van der Waals surface area (Å²) in [7, 11) is 0. The molecule has 2 aliphatic heterocycles. The number of aliphatic hydroxyl groups is 1. The van der Waals surface area contributed by atoms with Gasteiger partial charge in [-0.2, -0.15) is 0 Å². The highest BCUT2D eigenvalue weighted by atomic mass is 16.5. The minimum absolute atomic E-state index is 0.0847. The van der Waals surface area contributed by atoms with Gasteiger partial charge >= 0.3 is 0 Å². The van der Waals surface area contributed by atoms with E-state index in [4.69, 9.17) is 4.74 Å². The normalized spacial score (nSPS) is 36.8. The molecule has 4 nitrogen and oxygen atoms in total. The minimum Gasteiger partial charge on any atom is -0.392 e. The van der Waals surface area contributed by atoms with E-state index < -0.39 is 0 Å². The number of hydrogen-bond donors (Lipinski definition) is 2. The van der Waals surface area contributed by atoms with Crippen LogP contribution in [-0.4, -0.2) is 61.0 Å². The highest BCUT2D eigenvalue weighted by molar-refractivity contribution is 4.93. The lowest BCUT2D eigenvalue weighted by molar-refractivity contribution is 0.0634. The quantitative estimate of drug-likeness (QED) is 0.800. The van der Waals surface area contributed by atoms with Gasteiger partial charge in [-0.3, -0.25) is 4.90 Å². The van der Waals surface area contributed by atoms with E-state index in [1.165, 1.54) is 38.5 Å². The van der Waals surface area contributed by atoms with Crippen molar-refractivity contribution >= 4 is 0 Å². The highest BCUT2D eigenvalue weighted by Crippen LogP contribution is 2.27. The predicted octanol–water partition coefficient (Wildman–Crippen LogP) is 1.38. The van der Waals surface area contributed by atoms with Gasteiger partial charge in [-0.1, -0.05) is 6.42 Å². The molecule has 3 fully saturated rings. The van der Waals surface area contributed by atoms with Gasteiger partial charge in [0.2, 0.25) is 0 Å². The summed E-state index contributed by atoms with van der Waals surface area (Å²) in [5, 5.41) is 13.5. The number of aliphatic hydroxyl groups excluding tert-OH is 1. The molecule has 0 aromatic carbocycles. The molecule has 0 aromatic heterocycles. The van der Waals surface area contributed by atoms with Crippen LogP contribution in [0.15, 0.2) is 0 Å². The number of nitrogens with zero attached hydrogens (tertiary/aromatic N) is 1. The number of hydrogen-bond acceptors (Lipinski definition) is 4. The van der Waals surface area contributed by atoms with Gasteiger partial charge in [-0.25, -0.2) is 0 Å². The van der Waals surface area contributed by atoms with Gasteiger partial charge in [-0.05, 0) is 51.0 Å². The molecule has 0 amide bonds. The van der Waals surface area contributed by atoms with Crippen molar-refractivity contribution in [2.45, 2.75) is 63.1 Å².